The summed E-state index contributed by atoms with van der Waals surface area (Å²) in [5.74, 6) is -2.06. The Hall–Kier alpha value is -1.45. The Morgan fingerprint density at radius 1 is 1.40 bits per heavy atom. The van der Waals surface area contributed by atoms with Crippen LogP contribution in [0.4, 0.5) is 8.78 Å². The number of Topliss-reactive ketones (excluding diaryl/α,β-unsaturated/α-hetero) is 1. The summed E-state index contributed by atoms with van der Waals surface area (Å²) in [6.45, 7) is 0. The molecule has 0 bridgehead atoms. The third-order valence-electron chi connectivity index (χ3n) is 2.43. The minimum Gasteiger partial charge on any atom is -0.493 e. The molecule has 0 heterocycles. The van der Waals surface area contributed by atoms with E-state index < -0.39 is 11.6 Å². The molecule has 1 aromatic carbocycles. The Kier molecular flexibility index (Phi) is 2.42. The van der Waals surface area contributed by atoms with Crippen LogP contribution in [0.1, 0.15) is 23.2 Å². The van der Waals surface area contributed by atoms with Crippen molar-refractivity contribution in [2.45, 2.75) is 12.8 Å². The molecule has 0 aromatic heterocycles. The number of hydrogen-bond acceptors (Lipinski definition) is 2. The first kappa shape index (κ1) is 10.1. The highest BCUT2D eigenvalue weighted by atomic mass is 19.1. The molecule has 0 radical (unpaired) electrons. The highest BCUT2D eigenvalue weighted by Crippen LogP contribution is 2.36. The molecule has 0 amide bonds. The van der Waals surface area contributed by atoms with E-state index in [1.807, 2.05) is 0 Å². The summed E-state index contributed by atoms with van der Waals surface area (Å²) < 4.78 is 30.9. The molecule has 15 heavy (non-hydrogen) atoms. The summed E-state index contributed by atoms with van der Waals surface area (Å²) in [5.41, 5.74) is 0.0116. The summed E-state index contributed by atoms with van der Waals surface area (Å²) in [6.07, 6.45) is 1.58. The van der Waals surface area contributed by atoms with Crippen molar-refractivity contribution in [1.29, 1.82) is 0 Å². The first-order valence-electron chi connectivity index (χ1n) is 4.70. The average molecular weight is 212 g/mol. The Morgan fingerprint density at radius 3 is 2.60 bits per heavy atom. The number of halogens is 2. The van der Waals surface area contributed by atoms with Gasteiger partial charge in [0.2, 0.25) is 0 Å². The second kappa shape index (κ2) is 3.61. The van der Waals surface area contributed by atoms with Crippen LogP contribution in [0.25, 0.3) is 0 Å². The van der Waals surface area contributed by atoms with Crippen LogP contribution < -0.4 is 4.74 Å². The summed E-state index contributed by atoms with van der Waals surface area (Å²) >= 11 is 0. The third-order valence-corrected chi connectivity index (χ3v) is 2.43. The molecule has 0 unspecified atom stereocenters. The lowest BCUT2D eigenvalue weighted by Gasteiger charge is -2.08. The first-order chi connectivity index (χ1) is 7.13. The van der Waals surface area contributed by atoms with Gasteiger partial charge in [0.05, 0.1) is 12.7 Å². The van der Waals surface area contributed by atoms with E-state index in [0.717, 1.165) is 18.9 Å². The second-order valence-electron chi connectivity index (χ2n) is 3.61. The molecule has 1 aliphatic carbocycles. The zero-order valence-corrected chi connectivity index (χ0v) is 8.22. The predicted octanol–water partition coefficient (Wildman–Crippen LogP) is 2.57. The van der Waals surface area contributed by atoms with Gasteiger partial charge in [-0.15, -0.1) is 0 Å². The molecule has 0 aliphatic heterocycles. The predicted molar refractivity (Wildman–Crippen MR) is 50.0 cm³/mol. The number of carbonyl (C=O) groups excluding carboxylic acids is 1. The fourth-order valence-electron chi connectivity index (χ4n) is 1.52. The van der Waals surface area contributed by atoms with E-state index in [1.165, 1.54) is 7.11 Å². The maximum atomic E-state index is 13.2. The van der Waals surface area contributed by atoms with E-state index >= 15 is 0 Å². The van der Waals surface area contributed by atoms with Gasteiger partial charge >= 0.3 is 0 Å². The number of methoxy groups -OCH3 is 1. The molecule has 1 aliphatic rings. The molecular formula is C11H10F2O2. The van der Waals surface area contributed by atoms with Crippen molar-refractivity contribution < 1.29 is 18.3 Å². The smallest absolute Gasteiger partial charge is 0.169 e. The standard InChI is InChI=1S/C11H10F2O2/c1-15-11-8(10(14)6-2-3-6)4-7(12)5-9(11)13/h4-6H,2-3H2,1H3. The van der Waals surface area contributed by atoms with Gasteiger partial charge in [-0.2, -0.15) is 0 Å². The highest BCUT2D eigenvalue weighted by Gasteiger charge is 2.33. The molecule has 0 N–H and O–H groups in total. The summed E-state index contributed by atoms with van der Waals surface area (Å²) in [6, 6.07) is 1.74. The normalized spacial score (nSPS) is 15.1. The van der Waals surface area contributed by atoms with Crippen LogP contribution in [0.5, 0.6) is 5.75 Å². The zero-order valence-electron chi connectivity index (χ0n) is 8.22. The Morgan fingerprint density at radius 2 is 2.07 bits per heavy atom. The molecule has 4 heteroatoms. The van der Waals surface area contributed by atoms with Gasteiger partial charge < -0.3 is 4.74 Å². The van der Waals surface area contributed by atoms with Crippen molar-refractivity contribution in [3.05, 3.63) is 29.3 Å². The number of rotatable bonds is 3. The SMILES string of the molecule is COc1c(F)cc(F)cc1C(=O)C1CC1. The molecular weight excluding hydrogens is 202 g/mol. The third kappa shape index (κ3) is 1.84. The first-order valence-corrected chi connectivity index (χ1v) is 4.70. The molecule has 0 saturated heterocycles. The van der Waals surface area contributed by atoms with Crippen molar-refractivity contribution in [2.75, 3.05) is 7.11 Å². The largest absolute Gasteiger partial charge is 0.493 e. The number of ether oxygens (including phenoxy) is 1. The average Bonchev–Trinajstić information content (AvgIpc) is 2.98. The zero-order chi connectivity index (χ0) is 11.0. The molecule has 1 saturated carbocycles. The van der Waals surface area contributed by atoms with Crippen LogP contribution >= 0.6 is 0 Å². The van der Waals surface area contributed by atoms with E-state index in [-0.39, 0.29) is 23.0 Å². The van der Waals surface area contributed by atoms with Crippen LogP contribution in [0.15, 0.2) is 12.1 Å². The van der Waals surface area contributed by atoms with Gasteiger partial charge in [-0.3, -0.25) is 4.79 Å². The fourth-order valence-corrected chi connectivity index (χ4v) is 1.52. The lowest BCUT2D eigenvalue weighted by atomic mass is 10.1. The molecule has 2 rings (SSSR count). The lowest BCUT2D eigenvalue weighted by molar-refractivity contribution is 0.0963. The quantitative estimate of drug-likeness (QED) is 0.720. The van der Waals surface area contributed by atoms with Gasteiger partial charge in [-0.1, -0.05) is 0 Å². The van der Waals surface area contributed by atoms with Crippen molar-refractivity contribution in [3.63, 3.8) is 0 Å². The molecule has 80 valence electrons. The van der Waals surface area contributed by atoms with E-state index in [4.69, 9.17) is 4.74 Å². The van der Waals surface area contributed by atoms with Gasteiger partial charge in [0, 0.05) is 12.0 Å². The van der Waals surface area contributed by atoms with Crippen molar-refractivity contribution in [1.82, 2.24) is 0 Å². The number of ketones is 1. The minimum atomic E-state index is -0.832. The maximum absolute atomic E-state index is 13.2. The molecule has 0 spiro atoms. The van der Waals surface area contributed by atoms with E-state index in [9.17, 15) is 13.6 Å². The van der Waals surface area contributed by atoms with Crippen molar-refractivity contribution in [2.24, 2.45) is 5.92 Å². The van der Waals surface area contributed by atoms with E-state index in [1.54, 1.807) is 0 Å². The van der Waals surface area contributed by atoms with Crippen molar-refractivity contribution in [3.8, 4) is 5.75 Å². The van der Waals surface area contributed by atoms with Crippen LogP contribution in [0.2, 0.25) is 0 Å². The van der Waals surface area contributed by atoms with Crippen molar-refractivity contribution >= 4 is 5.78 Å². The van der Waals surface area contributed by atoms with Crippen LogP contribution in [0, 0.1) is 17.6 Å². The monoisotopic (exact) mass is 212 g/mol. The van der Waals surface area contributed by atoms with E-state index in [2.05, 4.69) is 0 Å². The second-order valence-corrected chi connectivity index (χ2v) is 3.61. The van der Waals surface area contributed by atoms with Gasteiger partial charge in [0.15, 0.2) is 17.3 Å². The number of carbonyl (C=O) groups is 1. The molecule has 1 fully saturated rings. The maximum Gasteiger partial charge on any atom is 0.169 e. The fraction of sp³-hybridized carbons (Fsp3) is 0.364. The van der Waals surface area contributed by atoms with Crippen LogP contribution in [-0.2, 0) is 0 Å². The lowest BCUT2D eigenvalue weighted by Crippen LogP contribution is -2.06. The molecule has 0 atom stereocenters. The summed E-state index contributed by atoms with van der Waals surface area (Å²) in [5, 5.41) is 0. The molecule has 1 aromatic rings. The van der Waals surface area contributed by atoms with Gasteiger partial charge in [-0.25, -0.2) is 8.78 Å². The Bertz CT molecular complexity index is 411. The number of benzene rings is 1. The van der Waals surface area contributed by atoms with Crippen LogP contribution in [-0.4, -0.2) is 12.9 Å². The summed E-state index contributed by atoms with van der Waals surface area (Å²) in [4.78, 5) is 11.7. The minimum absolute atomic E-state index is 0.0116. The molecule has 2 nitrogen and oxygen atoms in total. The van der Waals surface area contributed by atoms with Gasteiger partial charge in [0.25, 0.3) is 0 Å². The van der Waals surface area contributed by atoms with E-state index in [0.29, 0.717) is 6.07 Å². The van der Waals surface area contributed by atoms with Gasteiger partial charge in [0.1, 0.15) is 5.82 Å². The van der Waals surface area contributed by atoms with Gasteiger partial charge in [-0.05, 0) is 18.9 Å². The summed E-state index contributed by atoms with van der Waals surface area (Å²) in [7, 11) is 1.26. The van der Waals surface area contributed by atoms with Crippen LogP contribution in [0.3, 0.4) is 0 Å². The Labute approximate surface area is 85.9 Å². The highest BCUT2D eigenvalue weighted by molar-refractivity contribution is 6.01. The Balaban J connectivity index is 2.47. The number of hydrogen-bond donors (Lipinski definition) is 0. The topological polar surface area (TPSA) is 26.3 Å².